The summed E-state index contributed by atoms with van der Waals surface area (Å²) in [4.78, 5) is 2.60. The maximum absolute atomic E-state index is 3.62. The number of anilines is 1. The Morgan fingerprint density at radius 3 is 2.80 bits per heavy atom. The number of nitrogens with one attached hydrogen (secondary N) is 1. The fourth-order valence-electron chi connectivity index (χ4n) is 3.17. The smallest absolute Gasteiger partial charge is 0.0417 e. The molecular formula is C17H27BrN2. The maximum atomic E-state index is 3.62. The van der Waals surface area contributed by atoms with Crippen molar-refractivity contribution in [2.45, 2.75) is 52.6 Å². The first-order valence-corrected chi connectivity index (χ1v) is 8.61. The Hall–Kier alpha value is -0.540. The molecule has 0 amide bonds. The number of rotatable bonds is 4. The lowest BCUT2D eigenvalue weighted by Gasteiger charge is -2.40. The van der Waals surface area contributed by atoms with Gasteiger partial charge in [-0.1, -0.05) is 29.8 Å². The first kappa shape index (κ1) is 15.8. The van der Waals surface area contributed by atoms with Gasteiger partial charge in [-0.2, -0.15) is 0 Å². The molecule has 0 aliphatic carbocycles. The van der Waals surface area contributed by atoms with E-state index in [4.69, 9.17) is 0 Å². The van der Waals surface area contributed by atoms with E-state index < -0.39 is 0 Å². The van der Waals surface area contributed by atoms with E-state index >= 15 is 0 Å². The second-order valence-electron chi connectivity index (χ2n) is 6.17. The summed E-state index contributed by atoms with van der Waals surface area (Å²) in [5.41, 5.74) is 2.81. The molecule has 20 heavy (non-hydrogen) atoms. The molecule has 2 nitrogen and oxygen atoms in total. The van der Waals surface area contributed by atoms with Gasteiger partial charge in [0.2, 0.25) is 0 Å². The van der Waals surface area contributed by atoms with Gasteiger partial charge in [0.1, 0.15) is 0 Å². The number of piperidine rings is 1. The van der Waals surface area contributed by atoms with E-state index in [1.54, 1.807) is 0 Å². The van der Waals surface area contributed by atoms with Gasteiger partial charge >= 0.3 is 0 Å². The third-order valence-corrected chi connectivity index (χ3v) is 4.89. The minimum Gasteiger partial charge on any atom is -0.368 e. The van der Waals surface area contributed by atoms with Crippen molar-refractivity contribution < 1.29 is 0 Å². The summed E-state index contributed by atoms with van der Waals surface area (Å²) in [7, 11) is 0. The van der Waals surface area contributed by atoms with Crippen LogP contribution in [0.2, 0.25) is 0 Å². The summed E-state index contributed by atoms with van der Waals surface area (Å²) in [6, 6.07) is 7.75. The number of hydrogen-bond acceptors (Lipinski definition) is 2. The van der Waals surface area contributed by atoms with Gasteiger partial charge in [0, 0.05) is 28.8 Å². The average Bonchev–Trinajstić information content (AvgIpc) is 2.42. The highest BCUT2D eigenvalue weighted by atomic mass is 79.9. The zero-order valence-electron chi connectivity index (χ0n) is 13.1. The molecule has 1 N–H and O–H groups in total. The summed E-state index contributed by atoms with van der Waals surface area (Å²) in [6.07, 6.45) is 2.65. The lowest BCUT2D eigenvalue weighted by atomic mass is 9.93. The van der Waals surface area contributed by atoms with Crippen LogP contribution in [0.3, 0.4) is 0 Å². The monoisotopic (exact) mass is 338 g/mol. The molecule has 1 heterocycles. The van der Waals surface area contributed by atoms with Crippen molar-refractivity contribution in [2.24, 2.45) is 5.92 Å². The van der Waals surface area contributed by atoms with Gasteiger partial charge in [-0.25, -0.2) is 0 Å². The van der Waals surface area contributed by atoms with Crippen LogP contribution >= 0.6 is 15.9 Å². The highest BCUT2D eigenvalue weighted by molar-refractivity contribution is 9.10. The number of nitrogens with zero attached hydrogens (tertiary/aromatic N) is 1. The second-order valence-corrected chi connectivity index (χ2v) is 7.08. The van der Waals surface area contributed by atoms with Gasteiger partial charge in [0.15, 0.2) is 0 Å². The van der Waals surface area contributed by atoms with E-state index in [-0.39, 0.29) is 0 Å². The zero-order valence-corrected chi connectivity index (χ0v) is 14.7. The molecule has 0 spiro atoms. The van der Waals surface area contributed by atoms with Crippen LogP contribution in [0.1, 0.15) is 52.1 Å². The third-order valence-electron chi connectivity index (χ3n) is 4.39. The quantitative estimate of drug-likeness (QED) is 0.852. The van der Waals surface area contributed by atoms with Crippen LogP contribution in [0.15, 0.2) is 22.7 Å². The first-order chi connectivity index (χ1) is 9.52. The first-order valence-electron chi connectivity index (χ1n) is 7.82. The van der Waals surface area contributed by atoms with Crippen LogP contribution in [0.5, 0.6) is 0 Å². The molecule has 0 aromatic heterocycles. The van der Waals surface area contributed by atoms with E-state index in [9.17, 15) is 0 Å². The molecule has 1 aliphatic rings. The Morgan fingerprint density at radius 2 is 2.10 bits per heavy atom. The Balaban J connectivity index is 2.34. The Labute approximate surface area is 132 Å². The lowest BCUT2D eigenvalue weighted by Crippen LogP contribution is -2.42. The van der Waals surface area contributed by atoms with E-state index in [0.29, 0.717) is 12.1 Å². The molecule has 3 atom stereocenters. The fraction of sp³-hybridized carbons (Fsp3) is 0.647. The number of halogens is 1. The zero-order chi connectivity index (χ0) is 14.7. The molecule has 3 heteroatoms. The fourth-order valence-corrected chi connectivity index (χ4v) is 3.55. The van der Waals surface area contributed by atoms with Gasteiger partial charge in [-0.05, 0) is 62.9 Å². The Bertz CT molecular complexity index is 447. The normalized spacial score (nSPS) is 24.8. The molecule has 2 rings (SSSR count). The van der Waals surface area contributed by atoms with Gasteiger partial charge in [-0.3, -0.25) is 0 Å². The summed E-state index contributed by atoms with van der Waals surface area (Å²) in [5, 5.41) is 3.55. The van der Waals surface area contributed by atoms with Crippen LogP contribution in [0.4, 0.5) is 5.69 Å². The standard InChI is InChI=1S/C17H27BrN2/c1-5-19-14(4)16-10-15(18)8-9-17(16)20-11-12(2)6-7-13(20)3/h8-10,12-14,19H,5-7,11H2,1-4H3. The largest absolute Gasteiger partial charge is 0.368 e. The molecule has 0 radical (unpaired) electrons. The average molecular weight is 339 g/mol. The highest BCUT2D eigenvalue weighted by Crippen LogP contribution is 2.34. The lowest BCUT2D eigenvalue weighted by molar-refractivity contribution is 0.389. The minimum absolute atomic E-state index is 0.386. The van der Waals surface area contributed by atoms with Crippen LogP contribution in [-0.2, 0) is 0 Å². The predicted molar refractivity (Wildman–Crippen MR) is 91.4 cm³/mol. The maximum Gasteiger partial charge on any atom is 0.0417 e. The van der Waals surface area contributed by atoms with Gasteiger partial charge in [-0.15, -0.1) is 0 Å². The van der Waals surface area contributed by atoms with Crippen molar-refractivity contribution in [3.05, 3.63) is 28.2 Å². The second kappa shape index (κ2) is 6.95. The number of benzene rings is 1. The predicted octanol–water partition coefficient (Wildman–Crippen LogP) is 4.74. The van der Waals surface area contributed by atoms with Crippen LogP contribution < -0.4 is 10.2 Å². The summed E-state index contributed by atoms with van der Waals surface area (Å²) >= 11 is 3.62. The van der Waals surface area contributed by atoms with Crippen molar-refractivity contribution in [3.63, 3.8) is 0 Å². The van der Waals surface area contributed by atoms with E-state index in [1.807, 2.05) is 0 Å². The number of hydrogen-bond donors (Lipinski definition) is 1. The van der Waals surface area contributed by atoms with Gasteiger partial charge in [0.05, 0.1) is 0 Å². The van der Waals surface area contributed by atoms with Crippen molar-refractivity contribution in [1.82, 2.24) is 5.32 Å². The van der Waals surface area contributed by atoms with Gasteiger partial charge in [0.25, 0.3) is 0 Å². The molecule has 0 bridgehead atoms. The topological polar surface area (TPSA) is 15.3 Å². The van der Waals surface area contributed by atoms with Crippen LogP contribution in [0.25, 0.3) is 0 Å². The Morgan fingerprint density at radius 1 is 1.35 bits per heavy atom. The summed E-state index contributed by atoms with van der Waals surface area (Å²) in [6.45, 7) is 11.3. The SMILES string of the molecule is CCNC(C)c1cc(Br)ccc1N1CC(C)CCC1C. The Kier molecular flexibility index (Phi) is 5.50. The molecular weight excluding hydrogens is 312 g/mol. The van der Waals surface area contributed by atoms with Gasteiger partial charge < -0.3 is 10.2 Å². The molecule has 1 fully saturated rings. The summed E-state index contributed by atoms with van der Waals surface area (Å²) < 4.78 is 1.17. The molecule has 1 saturated heterocycles. The minimum atomic E-state index is 0.386. The molecule has 1 aliphatic heterocycles. The van der Waals surface area contributed by atoms with Crippen molar-refractivity contribution in [1.29, 1.82) is 0 Å². The molecule has 1 aromatic rings. The van der Waals surface area contributed by atoms with Crippen molar-refractivity contribution in [3.8, 4) is 0 Å². The summed E-state index contributed by atoms with van der Waals surface area (Å²) in [5.74, 6) is 0.789. The van der Waals surface area contributed by atoms with Crippen LogP contribution in [0, 0.1) is 5.92 Å². The molecule has 3 unspecified atom stereocenters. The van der Waals surface area contributed by atoms with Crippen molar-refractivity contribution in [2.75, 3.05) is 18.0 Å². The molecule has 1 aromatic carbocycles. The van der Waals surface area contributed by atoms with E-state index in [2.05, 4.69) is 72.0 Å². The van der Waals surface area contributed by atoms with E-state index in [1.165, 1.54) is 35.1 Å². The third kappa shape index (κ3) is 3.56. The molecule has 0 saturated carbocycles. The van der Waals surface area contributed by atoms with E-state index in [0.717, 1.165) is 12.5 Å². The van der Waals surface area contributed by atoms with Crippen molar-refractivity contribution >= 4 is 21.6 Å². The highest BCUT2D eigenvalue weighted by Gasteiger charge is 2.25. The molecule has 112 valence electrons. The van der Waals surface area contributed by atoms with Crippen LogP contribution in [-0.4, -0.2) is 19.1 Å².